The molecule has 1 aromatic rings. The molecule has 1 aromatic carbocycles. The first-order valence-electron chi connectivity index (χ1n) is 5.98. The standard InChI is InChI=1S/C8H10O2.C6H12O2/c1-6-3-4-7(9)8(5-6)10-2;1-3-4-5(2)6(7)8/h3-5,9H,1-2H3;5H,3-4H2,1-2H3,(H,7,8). The van der Waals surface area contributed by atoms with Crippen LogP contribution in [0.4, 0.5) is 0 Å². The molecule has 0 saturated carbocycles. The van der Waals surface area contributed by atoms with Crippen LogP contribution in [0.2, 0.25) is 0 Å². The number of hydrogen-bond acceptors (Lipinski definition) is 3. The fourth-order valence-corrected chi connectivity index (χ4v) is 1.34. The Kier molecular flexibility index (Phi) is 7.59. The van der Waals surface area contributed by atoms with E-state index < -0.39 is 5.97 Å². The predicted molar refractivity (Wildman–Crippen MR) is 71.1 cm³/mol. The Morgan fingerprint density at radius 1 is 1.44 bits per heavy atom. The Labute approximate surface area is 108 Å². The van der Waals surface area contributed by atoms with Crippen LogP contribution in [0.15, 0.2) is 18.2 Å². The van der Waals surface area contributed by atoms with Gasteiger partial charge in [0.15, 0.2) is 11.5 Å². The maximum atomic E-state index is 10.1. The van der Waals surface area contributed by atoms with Gasteiger partial charge in [-0.1, -0.05) is 26.3 Å². The number of aryl methyl sites for hydroxylation is 1. The lowest BCUT2D eigenvalue weighted by Gasteiger charge is -2.02. The summed E-state index contributed by atoms with van der Waals surface area (Å²) in [4.78, 5) is 10.1. The van der Waals surface area contributed by atoms with Gasteiger partial charge in [-0.2, -0.15) is 0 Å². The zero-order valence-electron chi connectivity index (χ0n) is 11.4. The molecular weight excluding hydrogens is 232 g/mol. The molecule has 0 spiro atoms. The van der Waals surface area contributed by atoms with Crippen LogP contribution < -0.4 is 4.74 Å². The van der Waals surface area contributed by atoms with Crippen molar-refractivity contribution < 1.29 is 19.7 Å². The second-order valence-electron chi connectivity index (χ2n) is 4.20. The summed E-state index contributed by atoms with van der Waals surface area (Å²) >= 11 is 0. The molecule has 18 heavy (non-hydrogen) atoms. The molecule has 0 aliphatic carbocycles. The van der Waals surface area contributed by atoms with Gasteiger partial charge < -0.3 is 14.9 Å². The molecule has 0 heterocycles. The SMILES string of the molecule is CCCC(C)C(=O)O.COc1cc(C)ccc1O. The zero-order chi connectivity index (χ0) is 14.1. The highest BCUT2D eigenvalue weighted by molar-refractivity contribution is 5.69. The van der Waals surface area contributed by atoms with Crippen LogP contribution in [0.3, 0.4) is 0 Å². The highest BCUT2D eigenvalue weighted by atomic mass is 16.5. The van der Waals surface area contributed by atoms with Crippen LogP contribution in [0.1, 0.15) is 32.3 Å². The van der Waals surface area contributed by atoms with E-state index in [1.165, 1.54) is 7.11 Å². The number of aromatic hydroxyl groups is 1. The molecule has 4 heteroatoms. The maximum Gasteiger partial charge on any atom is 0.306 e. The van der Waals surface area contributed by atoms with Crippen molar-refractivity contribution in [1.82, 2.24) is 0 Å². The molecule has 0 aliphatic heterocycles. The molecule has 0 radical (unpaired) electrons. The van der Waals surface area contributed by atoms with Gasteiger partial charge in [0.05, 0.1) is 13.0 Å². The van der Waals surface area contributed by atoms with Gasteiger partial charge in [0, 0.05) is 0 Å². The number of carbonyl (C=O) groups is 1. The molecule has 0 aromatic heterocycles. The first-order valence-corrected chi connectivity index (χ1v) is 5.98. The van der Waals surface area contributed by atoms with Crippen molar-refractivity contribution in [2.45, 2.75) is 33.6 Å². The lowest BCUT2D eigenvalue weighted by atomic mass is 10.1. The van der Waals surface area contributed by atoms with E-state index in [4.69, 9.17) is 14.9 Å². The van der Waals surface area contributed by atoms with Gasteiger partial charge in [-0.3, -0.25) is 4.79 Å². The van der Waals surface area contributed by atoms with E-state index >= 15 is 0 Å². The third-order valence-electron chi connectivity index (χ3n) is 2.48. The van der Waals surface area contributed by atoms with Crippen molar-refractivity contribution >= 4 is 5.97 Å². The smallest absolute Gasteiger partial charge is 0.306 e. The normalized spacial score (nSPS) is 11.1. The summed E-state index contributed by atoms with van der Waals surface area (Å²) in [5, 5.41) is 17.4. The van der Waals surface area contributed by atoms with Crippen LogP contribution >= 0.6 is 0 Å². The van der Waals surface area contributed by atoms with E-state index in [9.17, 15) is 4.79 Å². The molecule has 2 N–H and O–H groups in total. The van der Waals surface area contributed by atoms with E-state index in [1.54, 1.807) is 19.1 Å². The van der Waals surface area contributed by atoms with Gasteiger partial charge in [-0.25, -0.2) is 0 Å². The predicted octanol–water partition coefficient (Wildman–Crippen LogP) is 3.22. The van der Waals surface area contributed by atoms with E-state index in [2.05, 4.69) is 0 Å². The Morgan fingerprint density at radius 2 is 2.06 bits per heavy atom. The lowest BCUT2D eigenvalue weighted by molar-refractivity contribution is -0.141. The van der Waals surface area contributed by atoms with Gasteiger partial charge in [-0.05, 0) is 31.0 Å². The number of phenols is 1. The molecule has 1 unspecified atom stereocenters. The first-order chi connectivity index (χ1) is 8.42. The monoisotopic (exact) mass is 254 g/mol. The maximum absolute atomic E-state index is 10.1. The van der Waals surface area contributed by atoms with Crippen LogP contribution in [-0.2, 0) is 4.79 Å². The molecule has 0 fully saturated rings. The highest BCUT2D eigenvalue weighted by Gasteiger charge is 2.07. The summed E-state index contributed by atoms with van der Waals surface area (Å²) in [6, 6.07) is 5.24. The van der Waals surface area contributed by atoms with Gasteiger partial charge in [-0.15, -0.1) is 0 Å². The quantitative estimate of drug-likeness (QED) is 0.865. The van der Waals surface area contributed by atoms with Crippen molar-refractivity contribution in [2.24, 2.45) is 5.92 Å². The van der Waals surface area contributed by atoms with Crippen molar-refractivity contribution in [2.75, 3.05) is 7.11 Å². The number of benzene rings is 1. The second kappa shape index (κ2) is 8.39. The van der Waals surface area contributed by atoms with E-state index in [0.717, 1.165) is 18.4 Å². The number of carboxylic acids is 1. The largest absolute Gasteiger partial charge is 0.504 e. The number of hydrogen-bond donors (Lipinski definition) is 2. The molecule has 102 valence electrons. The summed E-state index contributed by atoms with van der Waals surface area (Å²) in [7, 11) is 1.54. The van der Waals surface area contributed by atoms with E-state index in [1.807, 2.05) is 19.9 Å². The number of methoxy groups -OCH3 is 1. The fraction of sp³-hybridized carbons (Fsp3) is 0.500. The molecule has 0 saturated heterocycles. The van der Waals surface area contributed by atoms with Crippen LogP contribution in [-0.4, -0.2) is 23.3 Å². The number of aliphatic carboxylic acids is 1. The van der Waals surface area contributed by atoms with Gasteiger partial charge in [0.2, 0.25) is 0 Å². The minimum Gasteiger partial charge on any atom is -0.504 e. The molecular formula is C14H22O4. The summed E-state index contributed by atoms with van der Waals surface area (Å²) in [5.74, 6) is -0.139. The van der Waals surface area contributed by atoms with Crippen LogP contribution in [0.25, 0.3) is 0 Å². The number of carboxylic acid groups (broad SMARTS) is 1. The fourth-order valence-electron chi connectivity index (χ4n) is 1.34. The average molecular weight is 254 g/mol. The van der Waals surface area contributed by atoms with Gasteiger partial charge >= 0.3 is 5.97 Å². The summed E-state index contributed by atoms with van der Waals surface area (Å²) < 4.78 is 4.88. The third kappa shape index (κ3) is 6.13. The van der Waals surface area contributed by atoms with E-state index in [-0.39, 0.29) is 11.7 Å². The molecule has 0 bridgehead atoms. The Hall–Kier alpha value is -1.71. The van der Waals surface area contributed by atoms with Crippen molar-refractivity contribution in [3.05, 3.63) is 23.8 Å². The number of phenolic OH excluding ortho intramolecular Hbond substituents is 1. The van der Waals surface area contributed by atoms with Crippen LogP contribution in [0, 0.1) is 12.8 Å². The third-order valence-corrected chi connectivity index (χ3v) is 2.48. The first kappa shape index (κ1) is 16.3. The van der Waals surface area contributed by atoms with E-state index in [0.29, 0.717) is 5.75 Å². The summed E-state index contributed by atoms with van der Waals surface area (Å²) in [6.07, 6.45) is 1.74. The number of rotatable bonds is 4. The Balaban J connectivity index is 0.000000331. The highest BCUT2D eigenvalue weighted by Crippen LogP contribution is 2.25. The summed E-state index contributed by atoms with van der Waals surface area (Å²) in [5.41, 5.74) is 1.08. The molecule has 1 atom stereocenters. The van der Waals surface area contributed by atoms with Gasteiger partial charge in [0.1, 0.15) is 0 Å². The van der Waals surface area contributed by atoms with Crippen LogP contribution in [0.5, 0.6) is 11.5 Å². The molecule has 0 aliphatic rings. The second-order valence-corrected chi connectivity index (χ2v) is 4.20. The average Bonchev–Trinajstić information content (AvgIpc) is 2.33. The van der Waals surface area contributed by atoms with Crippen molar-refractivity contribution in [1.29, 1.82) is 0 Å². The Bertz CT molecular complexity index is 374. The lowest BCUT2D eigenvalue weighted by Crippen LogP contribution is -2.08. The Morgan fingerprint density at radius 3 is 2.39 bits per heavy atom. The molecule has 0 amide bonds. The molecule has 4 nitrogen and oxygen atoms in total. The minimum absolute atomic E-state index is 0.167. The van der Waals surface area contributed by atoms with Crippen molar-refractivity contribution in [3.63, 3.8) is 0 Å². The van der Waals surface area contributed by atoms with Crippen molar-refractivity contribution in [3.8, 4) is 11.5 Å². The zero-order valence-corrected chi connectivity index (χ0v) is 11.4. The topological polar surface area (TPSA) is 66.8 Å². The summed E-state index contributed by atoms with van der Waals surface area (Å²) in [6.45, 7) is 5.66. The van der Waals surface area contributed by atoms with Gasteiger partial charge in [0.25, 0.3) is 0 Å². The number of ether oxygens (including phenoxy) is 1. The molecule has 1 rings (SSSR count). The minimum atomic E-state index is -0.688.